The number of halogens is 3. The molecule has 14 heavy (non-hydrogen) atoms. The van der Waals surface area contributed by atoms with E-state index in [1.54, 1.807) is 0 Å². The van der Waals surface area contributed by atoms with E-state index >= 15 is 0 Å². The number of anilines is 1. The molecular formula is C9H5BrClFN2. The third kappa shape index (κ3) is 1.35. The Kier molecular flexibility index (Phi) is 2.33. The Labute approximate surface area is 93.0 Å². The van der Waals surface area contributed by atoms with Gasteiger partial charge in [0, 0.05) is 21.7 Å². The molecular weight excluding hydrogens is 270 g/mol. The summed E-state index contributed by atoms with van der Waals surface area (Å²) in [5.41, 5.74) is 6.18. The second-order valence-electron chi connectivity index (χ2n) is 2.78. The molecule has 5 heteroatoms. The van der Waals surface area contributed by atoms with Gasteiger partial charge in [0.1, 0.15) is 11.0 Å². The number of nitrogens with two attached hydrogens (primary N) is 1. The smallest absolute Gasteiger partial charge is 0.139 e. The molecule has 0 bridgehead atoms. The summed E-state index contributed by atoms with van der Waals surface area (Å²) in [6.07, 6.45) is 1.50. The van der Waals surface area contributed by atoms with Crippen LogP contribution in [0.5, 0.6) is 0 Å². The predicted octanol–water partition coefficient (Wildman–Crippen LogP) is 3.37. The largest absolute Gasteiger partial charge is 0.398 e. The van der Waals surface area contributed by atoms with Crippen molar-refractivity contribution in [2.45, 2.75) is 0 Å². The van der Waals surface area contributed by atoms with Crippen molar-refractivity contribution < 1.29 is 4.39 Å². The number of hydrogen-bond acceptors (Lipinski definition) is 2. The lowest BCUT2D eigenvalue weighted by molar-refractivity contribution is 0.639. The normalized spacial score (nSPS) is 10.8. The summed E-state index contributed by atoms with van der Waals surface area (Å²) in [5, 5.41) is 0.930. The van der Waals surface area contributed by atoms with E-state index in [0.717, 1.165) is 0 Å². The molecule has 0 amide bonds. The first-order chi connectivity index (χ1) is 6.61. The molecule has 1 aromatic heterocycles. The van der Waals surface area contributed by atoms with Crippen molar-refractivity contribution in [2.24, 2.45) is 0 Å². The molecule has 0 radical (unpaired) electrons. The highest BCUT2D eigenvalue weighted by Gasteiger charge is 2.11. The van der Waals surface area contributed by atoms with Crippen LogP contribution in [0.25, 0.3) is 10.8 Å². The molecule has 1 aromatic carbocycles. The lowest BCUT2D eigenvalue weighted by atomic mass is 10.1. The van der Waals surface area contributed by atoms with Gasteiger partial charge in [-0.05, 0) is 28.1 Å². The molecule has 72 valence electrons. The van der Waals surface area contributed by atoms with E-state index < -0.39 is 5.82 Å². The highest BCUT2D eigenvalue weighted by atomic mass is 79.9. The first-order valence-corrected chi connectivity index (χ1v) is 4.96. The van der Waals surface area contributed by atoms with E-state index in [4.69, 9.17) is 17.3 Å². The summed E-state index contributed by atoms with van der Waals surface area (Å²) in [5.74, 6) is -0.423. The molecule has 2 rings (SSSR count). The number of hydrogen-bond donors (Lipinski definition) is 1. The van der Waals surface area contributed by atoms with Crippen LogP contribution in [0.15, 0.2) is 22.8 Å². The van der Waals surface area contributed by atoms with Crippen LogP contribution in [0.3, 0.4) is 0 Å². The van der Waals surface area contributed by atoms with Gasteiger partial charge >= 0.3 is 0 Å². The Hall–Kier alpha value is -0.870. The second-order valence-corrected chi connectivity index (χ2v) is 4.00. The Morgan fingerprint density at radius 3 is 2.71 bits per heavy atom. The Morgan fingerprint density at radius 1 is 1.36 bits per heavy atom. The molecule has 0 aliphatic heterocycles. The van der Waals surface area contributed by atoms with Crippen LogP contribution in [0.1, 0.15) is 0 Å². The predicted molar refractivity (Wildman–Crippen MR) is 58.8 cm³/mol. The Balaban J connectivity index is 3.05. The third-order valence-electron chi connectivity index (χ3n) is 1.92. The molecule has 0 atom stereocenters. The fourth-order valence-corrected chi connectivity index (χ4v) is 2.06. The van der Waals surface area contributed by atoms with Crippen LogP contribution in [-0.2, 0) is 0 Å². The van der Waals surface area contributed by atoms with Gasteiger partial charge in [0.15, 0.2) is 0 Å². The van der Waals surface area contributed by atoms with Gasteiger partial charge in [-0.2, -0.15) is 0 Å². The van der Waals surface area contributed by atoms with Gasteiger partial charge in [-0.25, -0.2) is 9.37 Å². The molecule has 0 saturated carbocycles. The van der Waals surface area contributed by atoms with Crippen molar-refractivity contribution in [3.05, 3.63) is 33.8 Å². The standard InChI is InChI=1S/C9H5BrClFN2/c10-4-3-14-9(11)8-5(12)1-2-6(13)7(4)8/h1-3H,13H2. The minimum absolute atomic E-state index is 0.119. The van der Waals surface area contributed by atoms with Crippen LogP contribution in [0.4, 0.5) is 10.1 Å². The fraction of sp³-hybridized carbons (Fsp3) is 0. The number of rotatable bonds is 0. The minimum Gasteiger partial charge on any atom is -0.398 e. The van der Waals surface area contributed by atoms with Crippen molar-refractivity contribution in [3.63, 3.8) is 0 Å². The summed E-state index contributed by atoms with van der Waals surface area (Å²) in [6, 6.07) is 2.77. The third-order valence-corrected chi connectivity index (χ3v) is 2.81. The molecule has 0 aliphatic carbocycles. The fourth-order valence-electron chi connectivity index (χ4n) is 1.29. The Morgan fingerprint density at radius 2 is 2.07 bits per heavy atom. The van der Waals surface area contributed by atoms with Gasteiger partial charge < -0.3 is 5.73 Å². The number of nitrogens with zero attached hydrogens (tertiary/aromatic N) is 1. The zero-order chi connectivity index (χ0) is 10.3. The van der Waals surface area contributed by atoms with Gasteiger partial charge in [-0.1, -0.05) is 11.6 Å². The summed E-state index contributed by atoms with van der Waals surface area (Å²) >= 11 is 9.03. The van der Waals surface area contributed by atoms with Crippen molar-refractivity contribution in [1.82, 2.24) is 4.98 Å². The number of nitrogen functional groups attached to an aromatic ring is 1. The minimum atomic E-state index is -0.423. The molecule has 0 spiro atoms. The maximum atomic E-state index is 13.4. The van der Waals surface area contributed by atoms with E-state index in [-0.39, 0.29) is 10.5 Å². The quantitative estimate of drug-likeness (QED) is 0.591. The van der Waals surface area contributed by atoms with Crippen LogP contribution in [0, 0.1) is 5.82 Å². The maximum Gasteiger partial charge on any atom is 0.139 e. The summed E-state index contributed by atoms with van der Waals surface area (Å²) in [7, 11) is 0. The van der Waals surface area contributed by atoms with Crippen molar-refractivity contribution in [1.29, 1.82) is 0 Å². The van der Waals surface area contributed by atoms with Crippen molar-refractivity contribution >= 4 is 44.0 Å². The van der Waals surface area contributed by atoms with Crippen LogP contribution < -0.4 is 5.73 Å². The van der Waals surface area contributed by atoms with E-state index in [1.807, 2.05) is 0 Å². The van der Waals surface area contributed by atoms with E-state index in [9.17, 15) is 4.39 Å². The first kappa shape index (κ1) is 9.68. The summed E-state index contributed by atoms with van der Waals surface area (Å²) < 4.78 is 14.0. The topological polar surface area (TPSA) is 38.9 Å². The second kappa shape index (κ2) is 3.37. The number of aromatic nitrogens is 1. The zero-order valence-electron chi connectivity index (χ0n) is 6.89. The molecule has 0 saturated heterocycles. The Bertz CT molecular complexity index is 426. The lowest BCUT2D eigenvalue weighted by Crippen LogP contribution is -1.92. The van der Waals surface area contributed by atoms with Gasteiger partial charge in [0.05, 0.1) is 5.39 Å². The summed E-state index contributed by atoms with van der Waals surface area (Å²) in [4.78, 5) is 3.83. The van der Waals surface area contributed by atoms with Crippen molar-refractivity contribution in [2.75, 3.05) is 5.73 Å². The molecule has 0 fully saturated rings. The van der Waals surface area contributed by atoms with Crippen LogP contribution in [-0.4, -0.2) is 4.98 Å². The van der Waals surface area contributed by atoms with Crippen LogP contribution in [0.2, 0.25) is 5.15 Å². The number of fused-ring (bicyclic) bond motifs is 1. The lowest BCUT2D eigenvalue weighted by Gasteiger charge is -2.06. The van der Waals surface area contributed by atoms with Gasteiger partial charge in [0.2, 0.25) is 0 Å². The molecule has 0 aliphatic rings. The van der Waals surface area contributed by atoms with E-state index in [2.05, 4.69) is 20.9 Å². The number of pyridine rings is 1. The molecule has 1 heterocycles. The zero-order valence-corrected chi connectivity index (χ0v) is 9.23. The molecule has 0 unspecified atom stereocenters. The molecule has 2 aromatic rings. The number of benzene rings is 1. The van der Waals surface area contributed by atoms with E-state index in [0.29, 0.717) is 15.5 Å². The van der Waals surface area contributed by atoms with E-state index in [1.165, 1.54) is 18.3 Å². The van der Waals surface area contributed by atoms with Gasteiger partial charge in [-0.15, -0.1) is 0 Å². The molecule has 2 N–H and O–H groups in total. The van der Waals surface area contributed by atoms with Crippen molar-refractivity contribution in [3.8, 4) is 0 Å². The molecule has 2 nitrogen and oxygen atoms in total. The monoisotopic (exact) mass is 274 g/mol. The van der Waals surface area contributed by atoms with Crippen LogP contribution >= 0.6 is 27.5 Å². The first-order valence-electron chi connectivity index (χ1n) is 3.79. The highest BCUT2D eigenvalue weighted by Crippen LogP contribution is 2.33. The maximum absolute atomic E-state index is 13.4. The average molecular weight is 276 g/mol. The van der Waals surface area contributed by atoms with Gasteiger partial charge in [-0.3, -0.25) is 0 Å². The summed E-state index contributed by atoms with van der Waals surface area (Å²) in [6.45, 7) is 0. The SMILES string of the molecule is Nc1ccc(F)c2c(Cl)ncc(Br)c12. The average Bonchev–Trinajstić information content (AvgIpc) is 2.16. The van der Waals surface area contributed by atoms with Gasteiger partial charge in [0.25, 0.3) is 0 Å². The highest BCUT2D eigenvalue weighted by molar-refractivity contribution is 9.10.